The van der Waals surface area contributed by atoms with Crippen molar-refractivity contribution < 1.29 is 28.6 Å². The molecule has 0 aliphatic carbocycles. The van der Waals surface area contributed by atoms with Gasteiger partial charge in [-0.15, -0.1) is 0 Å². The van der Waals surface area contributed by atoms with Crippen LogP contribution in [0.25, 0.3) is 0 Å². The second kappa shape index (κ2) is 64.9. The minimum absolute atomic E-state index is 0.0774. The molecule has 0 bridgehead atoms. The molecular formula is C70H128O6. The number of hydrogen-bond acceptors (Lipinski definition) is 6. The van der Waals surface area contributed by atoms with Crippen molar-refractivity contribution in [2.75, 3.05) is 13.2 Å². The fraction of sp³-hybridized carbons (Fsp3) is 0.843. The van der Waals surface area contributed by atoms with Crippen LogP contribution < -0.4 is 0 Å². The fourth-order valence-corrected chi connectivity index (χ4v) is 9.98. The van der Waals surface area contributed by atoms with Crippen LogP contribution in [0.5, 0.6) is 0 Å². The maximum atomic E-state index is 12.9. The molecule has 0 N–H and O–H groups in total. The fourth-order valence-electron chi connectivity index (χ4n) is 9.98. The monoisotopic (exact) mass is 1060 g/mol. The molecule has 0 aromatic heterocycles. The number of hydrogen-bond donors (Lipinski definition) is 0. The van der Waals surface area contributed by atoms with Crippen LogP contribution in [0.2, 0.25) is 0 Å². The van der Waals surface area contributed by atoms with Crippen LogP contribution in [0.3, 0.4) is 0 Å². The molecule has 0 aliphatic heterocycles. The van der Waals surface area contributed by atoms with Crippen LogP contribution >= 0.6 is 0 Å². The average Bonchev–Trinajstić information content (AvgIpc) is 3.42. The summed E-state index contributed by atoms with van der Waals surface area (Å²) in [5, 5.41) is 0. The molecule has 0 spiro atoms. The highest BCUT2D eigenvalue weighted by molar-refractivity contribution is 5.71. The lowest BCUT2D eigenvalue weighted by atomic mass is 10.0. The Kier molecular flexibility index (Phi) is 62.6. The third-order valence-electron chi connectivity index (χ3n) is 15.1. The maximum absolute atomic E-state index is 12.9. The van der Waals surface area contributed by atoms with E-state index in [2.05, 4.69) is 69.4 Å². The van der Waals surface area contributed by atoms with Gasteiger partial charge in [0.05, 0.1) is 0 Å². The van der Waals surface area contributed by atoms with Gasteiger partial charge in [0.15, 0.2) is 6.10 Å². The topological polar surface area (TPSA) is 78.9 Å². The molecule has 0 aromatic carbocycles. The molecule has 0 fully saturated rings. The summed E-state index contributed by atoms with van der Waals surface area (Å²) in [4.78, 5) is 38.4. The van der Waals surface area contributed by atoms with Crippen molar-refractivity contribution in [3.05, 3.63) is 48.6 Å². The normalized spacial score (nSPS) is 12.3. The minimum atomic E-state index is -0.783. The van der Waals surface area contributed by atoms with E-state index in [1.807, 2.05) is 0 Å². The van der Waals surface area contributed by atoms with Gasteiger partial charge in [0, 0.05) is 19.3 Å². The van der Waals surface area contributed by atoms with E-state index in [9.17, 15) is 14.4 Å². The van der Waals surface area contributed by atoms with Crippen molar-refractivity contribution in [1.82, 2.24) is 0 Å². The van der Waals surface area contributed by atoms with Crippen molar-refractivity contribution in [2.24, 2.45) is 0 Å². The molecule has 6 heteroatoms. The van der Waals surface area contributed by atoms with Crippen LogP contribution in [0.1, 0.15) is 361 Å². The summed E-state index contributed by atoms with van der Waals surface area (Å²) >= 11 is 0. The Labute approximate surface area is 473 Å². The molecule has 0 aromatic rings. The molecule has 1 atom stereocenters. The van der Waals surface area contributed by atoms with E-state index < -0.39 is 6.10 Å². The Morgan fingerprint density at radius 3 is 0.763 bits per heavy atom. The third-order valence-corrected chi connectivity index (χ3v) is 15.1. The Balaban J connectivity index is 4.29. The van der Waals surface area contributed by atoms with E-state index in [-0.39, 0.29) is 31.1 Å². The van der Waals surface area contributed by atoms with Crippen LogP contribution in [-0.4, -0.2) is 37.2 Å². The van der Waals surface area contributed by atoms with Crippen LogP contribution in [0, 0.1) is 0 Å². The van der Waals surface area contributed by atoms with Crippen molar-refractivity contribution >= 4 is 17.9 Å². The molecule has 0 rings (SSSR count). The van der Waals surface area contributed by atoms with Gasteiger partial charge >= 0.3 is 17.9 Å². The lowest BCUT2D eigenvalue weighted by Gasteiger charge is -2.18. The summed E-state index contributed by atoms with van der Waals surface area (Å²) in [6.07, 6.45) is 81.3. The molecule has 0 saturated carbocycles. The van der Waals surface area contributed by atoms with Crippen molar-refractivity contribution in [1.29, 1.82) is 0 Å². The Morgan fingerprint density at radius 2 is 0.474 bits per heavy atom. The van der Waals surface area contributed by atoms with Gasteiger partial charge in [-0.2, -0.15) is 0 Å². The van der Waals surface area contributed by atoms with E-state index in [0.717, 1.165) is 89.9 Å². The smallest absolute Gasteiger partial charge is 0.306 e. The first-order chi connectivity index (χ1) is 37.5. The number of allylic oxidation sites excluding steroid dienone is 8. The van der Waals surface area contributed by atoms with Crippen molar-refractivity contribution in [2.45, 2.75) is 367 Å². The molecule has 0 aliphatic rings. The van der Waals surface area contributed by atoms with Gasteiger partial charge in [-0.3, -0.25) is 14.4 Å². The zero-order valence-corrected chi connectivity index (χ0v) is 51.0. The second-order valence-corrected chi connectivity index (χ2v) is 22.7. The number of carbonyl (C=O) groups excluding carboxylic acids is 3. The number of unbranched alkanes of at least 4 members (excludes halogenated alkanes) is 43. The molecule has 0 amide bonds. The minimum Gasteiger partial charge on any atom is -0.462 e. The average molecular weight is 1070 g/mol. The molecule has 6 nitrogen and oxygen atoms in total. The second-order valence-electron chi connectivity index (χ2n) is 22.7. The first-order valence-electron chi connectivity index (χ1n) is 33.6. The summed E-state index contributed by atoms with van der Waals surface area (Å²) in [6.45, 7) is 6.64. The van der Waals surface area contributed by atoms with Gasteiger partial charge < -0.3 is 14.2 Å². The highest BCUT2D eigenvalue weighted by Crippen LogP contribution is 2.18. The van der Waals surface area contributed by atoms with Gasteiger partial charge in [0.1, 0.15) is 13.2 Å². The first-order valence-corrected chi connectivity index (χ1v) is 33.6. The number of ether oxygens (including phenoxy) is 3. The lowest BCUT2D eigenvalue weighted by molar-refractivity contribution is -0.167. The van der Waals surface area contributed by atoms with Crippen LogP contribution in [0.4, 0.5) is 0 Å². The molecule has 444 valence electrons. The zero-order valence-electron chi connectivity index (χ0n) is 51.0. The summed E-state index contributed by atoms with van der Waals surface area (Å²) in [6, 6.07) is 0. The Bertz CT molecular complexity index is 1310. The van der Waals surface area contributed by atoms with Crippen LogP contribution in [0.15, 0.2) is 48.6 Å². The van der Waals surface area contributed by atoms with Gasteiger partial charge in [-0.25, -0.2) is 0 Å². The summed E-state index contributed by atoms with van der Waals surface area (Å²) < 4.78 is 17.0. The van der Waals surface area contributed by atoms with E-state index in [1.54, 1.807) is 0 Å². The predicted molar refractivity (Wildman–Crippen MR) is 330 cm³/mol. The molecule has 1 unspecified atom stereocenters. The molecule has 76 heavy (non-hydrogen) atoms. The van der Waals surface area contributed by atoms with Crippen molar-refractivity contribution in [3.8, 4) is 0 Å². The highest BCUT2D eigenvalue weighted by Gasteiger charge is 2.19. The number of rotatable bonds is 62. The SMILES string of the molecule is CCCCC/C=C\C/C=C\CCCCCCCCCC(=O)OC(COC(=O)CCCCCCC/C=C\C/C=C\CCCCCC)COC(=O)CCCCCCCCCCCCCCCCCCCCCCCCCCC. The van der Waals surface area contributed by atoms with Crippen molar-refractivity contribution in [3.63, 3.8) is 0 Å². The van der Waals surface area contributed by atoms with E-state index >= 15 is 0 Å². The van der Waals surface area contributed by atoms with Gasteiger partial charge in [-0.05, 0) is 83.5 Å². The van der Waals surface area contributed by atoms with E-state index in [0.29, 0.717) is 19.3 Å². The van der Waals surface area contributed by atoms with E-state index in [4.69, 9.17) is 14.2 Å². The van der Waals surface area contributed by atoms with Gasteiger partial charge in [-0.1, -0.05) is 307 Å². The third kappa shape index (κ3) is 62.2. The molecule has 0 saturated heterocycles. The summed E-state index contributed by atoms with van der Waals surface area (Å²) in [7, 11) is 0. The van der Waals surface area contributed by atoms with E-state index in [1.165, 1.54) is 231 Å². The lowest BCUT2D eigenvalue weighted by Crippen LogP contribution is -2.30. The quantitative estimate of drug-likeness (QED) is 0.0261. The highest BCUT2D eigenvalue weighted by atomic mass is 16.6. The molecular weight excluding hydrogens is 937 g/mol. The summed E-state index contributed by atoms with van der Waals surface area (Å²) in [5.74, 6) is -0.877. The Hall–Kier alpha value is -2.63. The zero-order chi connectivity index (χ0) is 55.0. The number of carbonyl (C=O) groups is 3. The van der Waals surface area contributed by atoms with Crippen LogP contribution in [-0.2, 0) is 28.6 Å². The molecule has 0 radical (unpaired) electrons. The van der Waals surface area contributed by atoms with Gasteiger partial charge in [0.2, 0.25) is 0 Å². The summed E-state index contributed by atoms with van der Waals surface area (Å²) in [5.41, 5.74) is 0. The Morgan fingerprint density at radius 1 is 0.263 bits per heavy atom. The van der Waals surface area contributed by atoms with Gasteiger partial charge in [0.25, 0.3) is 0 Å². The largest absolute Gasteiger partial charge is 0.462 e. The standard InChI is InChI=1S/C70H128O6/c1-4-7-10-13-16-19-22-25-28-31-32-33-34-35-36-37-38-40-42-45-48-51-54-57-60-63-69(72)75-66-67(65-74-68(71)62-59-56-53-50-47-44-41-30-27-24-21-18-15-12-9-6-3)76-70(73)64-61-58-55-52-49-46-43-39-29-26-23-20-17-14-11-8-5-2/h17,20-21,24,26,29-30,41,67H,4-16,18-19,22-23,25,27-28,31-40,42-66H2,1-3H3/b20-17-,24-21-,29-26-,41-30-. The maximum Gasteiger partial charge on any atom is 0.306 e. The molecule has 0 heterocycles. The first kappa shape index (κ1) is 73.4. The predicted octanol–water partition coefficient (Wildman–Crippen LogP) is 22.9. The number of esters is 3.